The van der Waals surface area contributed by atoms with Crippen LogP contribution in [0.5, 0.6) is 0 Å². The number of hydrazine groups is 1. The summed E-state index contributed by atoms with van der Waals surface area (Å²) < 4.78 is 1.45. The van der Waals surface area contributed by atoms with Crippen molar-refractivity contribution in [2.45, 2.75) is 32.6 Å². The highest BCUT2D eigenvalue weighted by molar-refractivity contribution is 5.36. The van der Waals surface area contributed by atoms with Crippen molar-refractivity contribution in [1.29, 1.82) is 0 Å². The molecular weight excluding hydrogens is 258 g/mol. The van der Waals surface area contributed by atoms with Crippen LogP contribution in [0.4, 0.5) is 11.9 Å². The number of hydrogen-bond acceptors (Lipinski definition) is 8. The Labute approximate surface area is 117 Å². The average Bonchev–Trinajstić information content (AvgIpc) is 3.01. The molecule has 0 aliphatic rings. The van der Waals surface area contributed by atoms with Crippen LogP contribution in [0.15, 0.2) is 12.7 Å². The van der Waals surface area contributed by atoms with E-state index >= 15 is 0 Å². The molecule has 108 valence electrons. The van der Waals surface area contributed by atoms with E-state index in [2.05, 4.69) is 42.7 Å². The van der Waals surface area contributed by atoms with Crippen molar-refractivity contribution in [2.75, 3.05) is 17.3 Å². The van der Waals surface area contributed by atoms with Crippen molar-refractivity contribution in [1.82, 2.24) is 29.7 Å². The third-order valence-electron chi connectivity index (χ3n) is 2.69. The van der Waals surface area contributed by atoms with Crippen LogP contribution in [0, 0.1) is 0 Å². The lowest BCUT2D eigenvalue weighted by atomic mass is 10.2. The van der Waals surface area contributed by atoms with Gasteiger partial charge in [0.25, 0.3) is 5.95 Å². The zero-order valence-corrected chi connectivity index (χ0v) is 11.5. The Bertz CT molecular complexity index is 511. The monoisotopic (exact) mass is 277 g/mol. The van der Waals surface area contributed by atoms with E-state index in [1.54, 1.807) is 0 Å². The topological polar surface area (TPSA) is 119 Å². The fraction of sp³-hybridized carbons (Fsp3) is 0.545. The molecule has 0 aliphatic carbocycles. The molecule has 9 nitrogen and oxygen atoms in total. The smallest absolute Gasteiger partial charge is 0.258 e. The Morgan fingerprint density at radius 1 is 1.15 bits per heavy atom. The number of hydrogen-bond donors (Lipinski definition) is 3. The molecule has 4 N–H and O–H groups in total. The number of nitrogens with zero attached hydrogens (tertiary/aromatic N) is 6. The molecule has 0 saturated heterocycles. The van der Waals surface area contributed by atoms with Crippen LogP contribution < -0.4 is 16.6 Å². The van der Waals surface area contributed by atoms with Gasteiger partial charge in [0, 0.05) is 6.54 Å². The van der Waals surface area contributed by atoms with Gasteiger partial charge in [-0.1, -0.05) is 26.2 Å². The summed E-state index contributed by atoms with van der Waals surface area (Å²) in [7, 11) is 0. The van der Waals surface area contributed by atoms with Gasteiger partial charge in [-0.2, -0.15) is 24.7 Å². The molecule has 0 atom stereocenters. The molecule has 0 bridgehead atoms. The summed E-state index contributed by atoms with van der Waals surface area (Å²) in [6, 6.07) is 0. The summed E-state index contributed by atoms with van der Waals surface area (Å²) in [5, 5.41) is 7.14. The van der Waals surface area contributed by atoms with E-state index < -0.39 is 0 Å². The maximum absolute atomic E-state index is 5.36. The van der Waals surface area contributed by atoms with Crippen molar-refractivity contribution < 1.29 is 0 Å². The van der Waals surface area contributed by atoms with E-state index in [-0.39, 0.29) is 5.95 Å². The first-order chi connectivity index (χ1) is 9.83. The van der Waals surface area contributed by atoms with Gasteiger partial charge >= 0.3 is 0 Å². The molecule has 2 aromatic rings. The average molecular weight is 277 g/mol. The Kier molecular flexibility index (Phi) is 5.18. The van der Waals surface area contributed by atoms with Gasteiger partial charge in [-0.15, -0.1) is 0 Å². The van der Waals surface area contributed by atoms with Crippen molar-refractivity contribution in [3.63, 3.8) is 0 Å². The number of aromatic nitrogens is 6. The van der Waals surface area contributed by atoms with Crippen LogP contribution in [0.3, 0.4) is 0 Å². The van der Waals surface area contributed by atoms with E-state index in [1.807, 2.05) is 0 Å². The standard InChI is InChI=1S/C11H19N9/c1-2-3-4-5-6-14-9-16-10(19-12)18-11(17-9)20-8-13-7-15-20/h7-8H,2-6,12H2,1H3,(H2,14,16,17,18,19). The maximum Gasteiger partial charge on any atom is 0.258 e. The highest BCUT2D eigenvalue weighted by Crippen LogP contribution is 2.08. The first-order valence-corrected chi connectivity index (χ1v) is 6.65. The van der Waals surface area contributed by atoms with Crippen molar-refractivity contribution in [3.8, 4) is 5.95 Å². The molecular formula is C11H19N9. The molecule has 2 aromatic heterocycles. The van der Waals surface area contributed by atoms with Crippen LogP contribution in [0.2, 0.25) is 0 Å². The van der Waals surface area contributed by atoms with Crippen molar-refractivity contribution in [3.05, 3.63) is 12.7 Å². The highest BCUT2D eigenvalue weighted by Gasteiger charge is 2.07. The quantitative estimate of drug-likeness (QED) is 0.367. The summed E-state index contributed by atoms with van der Waals surface area (Å²) in [5.41, 5.74) is 2.42. The molecule has 9 heteroatoms. The summed E-state index contributed by atoms with van der Waals surface area (Å²) >= 11 is 0. The highest BCUT2D eigenvalue weighted by atomic mass is 15.4. The van der Waals surface area contributed by atoms with Crippen molar-refractivity contribution in [2.24, 2.45) is 5.84 Å². The molecule has 2 heterocycles. The fourth-order valence-corrected chi connectivity index (χ4v) is 1.67. The van der Waals surface area contributed by atoms with E-state index in [4.69, 9.17) is 5.84 Å². The largest absolute Gasteiger partial charge is 0.354 e. The van der Waals surface area contributed by atoms with Gasteiger partial charge in [-0.25, -0.2) is 10.8 Å². The minimum Gasteiger partial charge on any atom is -0.354 e. The molecule has 0 radical (unpaired) electrons. The van der Waals surface area contributed by atoms with Gasteiger partial charge < -0.3 is 5.32 Å². The lowest BCUT2D eigenvalue weighted by molar-refractivity contribution is 0.682. The van der Waals surface area contributed by atoms with Crippen LogP contribution in [-0.2, 0) is 0 Å². The summed E-state index contributed by atoms with van der Waals surface area (Å²) in [5.74, 6) is 6.47. The van der Waals surface area contributed by atoms with Crippen LogP contribution in [-0.4, -0.2) is 36.3 Å². The minimum atomic E-state index is 0.279. The number of anilines is 2. The van der Waals surface area contributed by atoms with Gasteiger partial charge in [-0.05, 0) is 6.42 Å². The first kappa shape index (κ1) is 14.1. The Morgan fingerprint density at radius 3 is 2.70 bits per heavy atom. The normalized spacial score (nSPS) is 10.5. The third-order valence-corrected chi connectivity index (χ3v) is 2.69. The van der Waals surface area contributed by atoms with Gasteiger partial charge in [0.1, 0.15) is 12.7 Å². The molecule has 2 rings (SSSR count). The lowest BCUT2D eigenvalue weighted by Gasteiger charge is -2.08. The molecule has 0 amide bonds. The molecule has 0 unspecified atom stereocenters. The van der Waals surface area contributed by atoms with Gasteiger partial charge in [-0.3, -0.25) is 5.43 Å². The van der Waals surface area contributed by atoms with Crippen LogP contribution >= 0.6 is 0 Å². The second-order valence-corrected chi connectivity index (χ2v) is 4.25. The molecule has 0 spiro atoms. The summed E-state index contributed by atoms with van der Waals surface area (Å²) in [4.78, 5) is 16.4. The fourth-order valence-electron chi connectivity index (χ4n) is 1.67. The second kappa shape index (κ2) is 7.34. The van der Waals surface area contributed by atoms with E-state index in [9.17, 15) is 0 Å². The third kappa shape index (κ3) is 3.85. The Hall–Kier alpha value is -2.29. The van der Waals surface area contributed by atoms with Crippen LogP contribution in [0.1, 0.15) is 32.6 Å². The summed E-state index contributed by atoms with van der Waals surface area (Å²) in [6.07, 6.45) is 7.63. The Balaban J connectivity index is 2.03. The SMILES string of the molecule is CCCCCCNc1nc(NN)nc(-n2cncn2)n1. The predicted octanol–water partition coefficient (Wildman–Crippen LogP) is 0.730. The van der Waals surface area contributed by atoms with Gasteiger partial charge in [0.05, 0.1) is 0 Å². The van der Waals surface area contributed by atoms with Gasteiger partial charge in [0.2, 0.25) is 11.9 Å². The molecule has 0 fully saturated rings. The molecule has 0 saturated carbocycles. The van der Waals surface area contributed by atoms with E-state index in [1.165, 1.54) is 36.6 Å². The lowest BCUT2D eigenvalue weighted by Crippen LogP contribution is -2.16. The van der Waals surface area contributed by atoms with Crippen LogP contribution in [0.25, 0.3) is 5.95 Å². The second-order valence-electron chi connectivity index (χ2n) is 4.25. The molecule has 20 heavy (non-hydrogen) atoms. The zero-order valence-electron chi connectivity index (χ0n) is 11.5. The number of nitrogens with one attached hydrogen (secondary N) is 2. The van der Waals surface area contributed by atoms with Crippen molar-refractivity contribution >= 4 is 11.9 Å². The number of rotatable bonds is 8. The zero-order chi connectivity index (χ0) is 14.2. The number of unbranched alkanes of at least 4 members (excludes halogenated alkanes) is 3. The summed E-state index contributed by atoms with van der Waals surface area (Å²) in [6.45, 7) is 2.99. The minimum absolute atomic E-state index is 0.279. The maximum atomic E-state index is 5.36. The first-order valence-electron chi connectivity index (χ1n) is 6.65. The predicted molar refractivity (Wildman–Crippen MR) is 75.2 cm³/mol. The van der Waals surface area contributed by atoms with E-state index in [0.29, 0.717) is 11.9 Å². The number of nitrogens with two attached hydrogens (primary N) is 1. The molecule has 0 aromatic carbocycles. The molecule has 0 aliphatic heterocycles. The Morgan fingerprint density at radius 2 is 2.00 bits per heavy atom. The van der Waals surface area contributed by atoms with E-state index in [0.717, 1.165) is 13.0 Å². The number of nitrogen functional groups attached to an aromatic ring is 1. The van der Waals surface area contributed by atoms with Gasteiger partial charge in [0.15, 0.2) is 0 Å².